The standard InChI is InChI=1S/C10H9NO3S/c1-2-6-3-4-7(14-6)9-8(10(12)13)11-5-15-9/h3-5H,2H2,1H3,(H,12,13). The minimum absolute atomic E-state index is 0.0528. The largest absolute Gasteiger partial charge is 0.476 e. The summed E-state index contributed by atoms with van der Waals surface area (Å²) in [5.74, 6) is 0.391. The molecule has 0 radical (unpaired) electrons. The molecule has 0 atom stereocenters. The molecule has 2 heterocycles. The van der Waals surface area contributed by atoms with Crippen LogP contribution in [0, 0.1) is 0 Å². The van der Waals surface area contributed by atoms with Gasteiger partial charge in [0.05, 0.1) is 5.51 Å². The molecule has 0 aliphatic heterocycles. The predicted molar refractivity (Wildman–Crippen MR) is 56.2 cm³/mol. The number of rotatable bonds is 3. The smallest absolute Gasteiger partial charge is 0.356 e. The van der Waals surface area contributed by atoms with Crippen molar-refractivity contribution < 1.29 is 14.3 Å². The summed E-state index contributed by atoms with van der Waals surface area (Å²) in [6, 6.07) is 3.62. The van der Waals surface area contributed by atoms with Crippen molar-refractivity contribution >= 4 is 17.3 Å². The van der Waals surface area contributed by atoms with Gasteiger partial charge in [0.15, 0.2) is 5.69 Å². The highest BCUT2D eigenvalue weighted by Gasteiger charge is 2.17. The second kappa shape index (κ2) is 3.86. The van der Waals surface area contributed by atoms with E-state index in [1.165, 1.54) is 16.8 Å². The van der Waals surface area contributed by atoms with Gasteiger partial charge in [0.1, 0.15) is 16.4 Å². The summed E-state index contributed by atoms with van der Waals surface area (Å²) in [5.41, 5.74) is 1.56. The number of hydrogen-bond acceptors (Lipinski definition) is 4. The molecule has 0 aromatic carbocycles. The van der Waals surface area contributed by atoms with E-state index in [1.807, 2.05) is 13.0 Å². The molecule has 5 heteroatoms. The van der Waals surface area contributed by atoms with E-state index in [9.17, 15) is 4.79 Å². The molecule has 15 heavy (non-hydrogen) atoms. The number of aryl methyl sites for hydroxylation is 1. The second-order valence-corrected chi connectivity index (χ2v) is 3.81. The number of aromatic carboxylic acids is 1. The van der Waals surface area contributed by atoms with Gasteiger partial charge < -0.3 is 9.52 Å². The van der Waals surface area contributed by atoms with Crippen molar-refractivity contribution in [2.24, 2.45) is 0 Å². The Kier molecular flexibility index (Phi) is 2.55. The van der Waals surface area contributed by atoms with Crippen LogP contribution in [0.15, 0.2) is 22.1 Å². The highest BCUT2D eigenvalue weighted by atomic mass is 32.1. The first kappa shape index (κ1) is 9.92. The van der Waals surface area contributed by atoms with Gasteiger partial charge in [-0.1, -0.05) is 6.92 Å². The lowest BCUT2D eigenvalue weighted by molar-refractivity contribution is 0.0692. The van der Waals surface area contributed by atoms with Crippen molar-refractivity contribution in [3.63, 3.8) is 0 Å². The van der Waals surface area contributed by atoms with E-state index in [1.54, 1.807) is 6.07 Å². The molecule has 0 amide bonds. The highest BCUT2D eigenvalue weighted by molar-refractivity contribution is 7.13. The van der Waals surface area contributed by atoms with E-state index in [-0.39, 0.29) is 5.69 Å². The topological polar surface area (TPSA) is 63.3 Å². The maximum absolute atomic E-state index is 10.8. The monoisotopic (exact) mass is 223 g/mol. The van der Waals surface area contributed by atoms with Crippen LogP contribution in [0.3, 0.4) is 0 Å². The van der Waals surface area contributed by atoms with Crippen LogP contribution in [0.4, 0.5) is 0 Å². The number of carboxylic acids is 1. The number of aromatic nitrogens is 1. The summed E-state index contributed by atoms with van der Waals surface area (Å²) in [7, 11) is 0. The van der Waals surface area contributed by atoms with Crippen LogP contribution in [0.5, 0.6) is 0 Å². The summed E-state index contributed by atoms with van der Waals surface area (Å²) < 4.78 is 5.48. The normalized spacial score (nSPS) is 10.5. The lowest BCUT2D eigenvalue weighted by atomic mass is 10.3. The van der Waals surface area contributed by atoms with Crippen molar-refractivity contribution in [1.29, 1.82) is 0 Å². The Morgan fingerprint density at radius 1 is 1.60 bits per heavy atom. The number of carbonyl (C=O) groups is 1. The fourth-order valence-electron chi connectivity index (χ4n) is 1.26. The van der Waals surface area contributed by atoms with Crippen LogP contribution in [0.25, 0.3) is 10.6 Å². The van der Waals surface area contributed by atoms with Crippen LogP contribution in [-0.4, -0.2) is 16.1 Å². The number of furan rings is 1. The van der Waals surface area contributed by atoms with E-state index in [0.29, 0.717) is 10.6 Å². The summed E-state index contributed by atoms with van der Waals surface area (Å²) in [5, 5.41) is 8.88. The minimum Gasteiger partial charge on any atom is -0.476 e. The lowest BCUT2D eigenvalue weighted by Crippen LogP contribution is -1.97. The van der Waals surface area contributed by atoms with E-state index in [4.69, 9.17) is 9.52 Å². The third-order valence-electron chi connectivity index (χ3n) is 2.00. The van der Waals surface area contributed by atoms with E-state index < -0.39 is 5.97 Å². The molecule has 4 nitrogen and oxygen atoms in total. The van der Waals surface area contributed by atoms with Gasteiger partial charge in [-0.25, -0.2) is 9.78 Å². The van der Waals surface area contributed by atoms with E-state index in [0.717, 1.165) is 12.2 Å². The average Bonchev–Trinajstić information content (AvgIpc) is 2.85. The summed E-state index contributed by atoms with van der Waals surface area (Å²) in [4.78, 5) is 15.2. The van der Waals surface area contributed by atoms with Gasteiger partial charge in [-0.3, -0.25) is 0 Å². The van der Waals surface area contributed by atoms with Gasteiger partial charge in [-0.15, -0.1) is 11.3 Å². The predicted octanol–water partition coefficient (Wildman–Crippen LogP) is 2.66. The molecule has 0 unspecified atom stereocenters. The number of carboxylic acid groups (broad SMARTS) is 1. The van der Waals surface area contributed by atoms with Gasteiger partial charge in [0.25, 0.3) is 0 Å². The Morgan fingerprint density at radius 3 is 3.00 bits per heavy atom. The average molecular weight is 223 g/mol. The van der Waals surface area contributed by atoms with Crippen molar-refractivity contribution in [2.75, 3.05) is 0 Å². The van der Waals surface area contributed by atoms with Crippen LogP contribution < -0.4 is 0 Å². The molecule has 2 aromatic heterocycles. The van der Waals surface area contributed by atoms with Crippen LogP contribution >= 0.6 is 11.3 Å². The Balaban J connectivity index is 2.44. The summed E-state index contributed by atoms with van der Waals surface area (Å²) in [6.07, 6.45) is 0.793. The quantitative estimate of drug-likeness (QED) is 0.868. The molecule has 2 aromatic rings. The SMILES string of the molecule is CCc1ccc(-c2scnc2C(=O)O)o1. The van der Waals surface area contributed by atoms with Gasteiger partial charge in [-0.05, 0) is 12.1 Å². The molecule has 0 spiro atoms. The fraction of sp³-hybridized carbons (Fsp3) is 0.200. The summed E-state index contributed by atoms with van der Waals surface area (Å²) in [6.45, 7) is 1.98. The van der Waals surface area contributed by atoms with Gasteiger partial charge >= 0.3 is 5.97 Å². The van der Waals surface area contributed by atoms with Crippen LogP contribution in [-0.2, 0) is 6.42 Å². The Labute approximate surface area is 90.2 Å². The molecule has 0 aliphatic carbocycles. The van der Waals surface area contributed by atoms with Crippen molar-refractivity contribution in [3.8, 4) is 10.6 Å². The molecule has 0 saturated carbocycles. The van der Waals surface area contributed by atoms with Crippen molar-refractivity contribution in [3.05, 3.63) is 29.1 Å². The third-order valence-corrected chi connectivity index (χ3v) is 2.84. The molecule has 0 aliphatic rings. The number of nitrogens with zero attached hydrogens (tertiary/aromatic N) is 1. The molecular formula is C10H9NO3S. The molecule has 0 fully saturated rings. The number of hydrogen-bond donors (Lipinski definition) is 1. The zero-order chi connectivity index (χ0) is 10.8. The van der Waals surface area contributed by atoms with Gasteiger partial charge in [0.2, 0.25) is 0 Å². The zero-order valence-electron chi connectivity index (χ0n) is 8.06. The van der Waals surface area contributed by atoms with Crippen LogP contribution in [0.2, 0.25) is 0 Å². The van der Waals surface area contributed by atoms with Gasteiger partial charge in [0, 0.05) is 6.42 Å². The Hall–Kier alpha value is -1.62. The van der Waals surface area contributed by atoms with E-state index in [2.05, 4.69) is 4.98 Å². The lowest BCUT2D eigenvalue weighted by Gasteiger charge is -1.93. The molecule has 0 saturated heterocycles. The number of thiazole rings is 1. The van der Waals surface area contributed by atoms with Crippen molar-refractivity contribution in [2.45, 2.75) is 13.3 Å². The molecule has 0 bridgehead atoms. The first-order valence-electron chi connectivity index (χ1n) is 4.48. The first-order chi connectivity index (χ1) is 7.22. The van der Waals surface area contributed by atoms with Crippen LogP contribution in [0.1, 0.15) is 23.2 Å². The maximum Gasteiger partial charge on any atom is 0.356 e. The molecule has 1 N–H and O–H groups in total. The summed E-state index contributed by atoms with van der Waals surface area (Å²) >= 11 is 1.27. The fourth-order valence-corrected chi connectivity index (χ4v) is 2.00. The second-order valence-electron chi connectivity index (χ2n) is 2.95. The molecule has 78 valence electrons. The van der Waals surface area contributed by atoms with Crippen molar-refractivity contribution in [1.82, 2.24) is 4.98 Å². The first-order valence-corrected chi connectivity index (χ1v) is 5.36. The van der Waals surface area contributed by atoms with E-state index >= 15 is 0 Å². The minimum atomic E-state index is -1.03. The maximum atomic E-state index is 10.8. The molecular weight excluding hydrogens is 214 g/mol. The Morgan fingerprint density at radius 2 is 2.40 bits per heavy atom. The zero-order valence-corrected chi connectivity index (χ0v) is 8.87. The third kappa shape index (κ3) is 1.78. The molecule has 2 rings (SSSR count). The Bertz CT molecular complexity index is 486. The van der Waals surface area contributed by atoms with Gasteiger partial charge in [-0.2, -0.15) is 0 Å². The highest BCUT2D eigenvalue weighted by Crippen LogP contribution is 2.29.